The lowest BCUT2D eigenvalue weighted by molar-refractivity contribution is -0.152. The lowest BCUT2D eigenvalue weighted by atomic mass is 10.2. The van der Waals surface area contributed by atoms with Gasteiger partial charge in [0.2, 0.25) is 0 Å². The third kappa shape index (κ3) is 9.66. The third-order valence-corrected chi connectivity index (χ3v) is 3.64. The summed E-state index contributed by atoms with van der Waals surface area (Å²) in [5.74, 6) is -2.91. The summed E-state index contributed by atoms with van der Waals surface area (Å²) in [5, 5.41) is 0. The second-order valence-electron chi connectivity index (χ2n) is 7.16. The van der Waals surface area contributed by atoms with Crippen LogP contribution in [0, 0.1) is 0 Å². The second kappa shape index (κ2) is 9.11. The van der Waals surface area contributed by atoms with Crippen LogP contribution in [-0.2, 0) is 9.47 Å². The molecule has 0 N–H and O–H groups in total. The first-order valence-corrected chi connectivity index (χ1v) is 8.18. The largest absolute Gasteiger partial charge is 0.375 e. The van der Waals surface area contributed by atoms with E-state index >= 15 is 0 Å². The predicted octanol–water partition coefficient (Wildman–Crippen LogP) is 2.48. The van der Waals surface area contributed by atoms with Crippen LogP contribution < -0.4 is 0 Å². The van der Waals surface area contributed by atoms with Crippen LogP contribution in [0.15, 0.2) is 0 Å². The highest BCUT2D eigenvalue weighted by Gasteiger charge is 2.31. The van der Waals surface area contributed by atoms with Crippen molar-refractivity contribution in [3.8, 4) is 0 Å². The Kier molecular flexibility index (Phi) is 8.17. The van der Waals surface area contributed by atoms with E-state index in [-0.39, 0.29) is 0 Å². The Balaban J connectivity index is 2.00. The molecule has 0 aliphatic carbocycles. The van der Waals surface area contributed by atoms with Crippen LogP contribution in [0.4, 0.5) is 8.78 Å². The summed E-state index contributed by atoms with van der Waals surface area (Å²) >= 11 is 0. The first-order chi connectivity index (χ1) is 10.2. The standard InChI is InChI=1S/C16H32F2N2O2/c1-15(2,3)22-14-16(17,18)13-21-12-6-5-7-20-10-8-19(4)9-11-20/h5-14H2,1-4H3. The molecule has 1 aliphatic rings. The molecule has 0 unspecified atom stereocenters. The van der Waals surface area contributed by atoms with Crippen LogP contribution in [0.5, 0.6) is 0 Å². The molecule has 132 valence electrons. The molecule has 0 spiro atoms. The van der Waals surface area contributed by atoms with E-state index in [2.05, 4.69) is 16.8 Å². The fourth-order valence-electron chi connectivity index (χ4n) is 2.20. The maximum Gasteiger partial charge on any atom is 0.293 e. The van der Waals surface area contributed by atoms with E-state index in [4.69, 9.17) is 9.47 Å². The zero-order valence-electron chi connectivity index (χ0n) is 14.5. The third-order valence-electron chi connectivity index (χ3n) is 3.64. The van der Waals surface area contributed by atoms with E-state index < -0.39 is 24.7 Å². The number of alkyl halides is 2. The van der Waals surface area contributed by atoms with Crippen molar-refractivity contribution in [2.75, 3.05) is 59.6 Å². The molecule has 22 heavy (non-hydrogen) atoms. The summed E-state index contributed by atoms with van der Waals surface area (Å²) in [4.78, 5) is 4.74. The number of halogens is 2. The number of rotatable bonds is 9. The van der Waals surface area contributed by atoms with Crippen molar-refractivity contribution in [2.24, 2.45) is 0 Å². The molecular weight excluding hydrogens is 290 g/mol. The Bertz CT molecular complexity index is 301. The Labute approximate surface area is 133 Å². The van der Waals surface area contributed by atoms with E-state index in [0.717, 1.165) is 45.6 Å². The minimum atomic E-state index is -2.91. The van der Waals surface area contributed by atoms with E-state index in [0.29, 0.717) is 6.61 Å². The molecule has 0 aromatic heterocycles. The molecule has 0 amide bonds. The van der Waals surface area contributed by atoms with Gasteiger partial charge in [-0.1, -0.05) is 0 Å². The Hall–Kier alpha value is -0.300. The zero-order chi connectivity index (χ0) is 16.6. The number of nitrogens with zero attached hydrogens (tertiary/aromatic N) is 2. The maximum absolute atomic E-state index is 13.5. The van der Waals surface area contributed by atoms with Gasteiger partial charge in [0.1, 0.15) is 13.2 Å². The molecule has 6 heteroatoms. The fraction of sp³-hybridized carbons (Fsp3) is 1.00. The normalized spacial score (nSPS) is 18.8. The molecular formula is C16H32F2N2O2. The highest BCUT2D eigenvalue weighted by molar-refractivity contribution is 4.70. The summed E-state index contributed by atoms with van der Waals surface area (Å²) in [5.41, 5.74) is -0.550. The fourth-order valence-corrected chi connectivity index (χ4v) is 2.20. The number of hydrogen-bond donors (Lipinski definition) is 0. The van der Waals surface area contributed by atoms with Crippen molar-refractivity contribution in [3.63, 3.8) is 0 Å². The Morgan fingerprint density at radius 1 is 0.955 bits per heavy atom. The van der Waals surface area contributed by atoms with Gasteiger partial charge in [0.15, 0.2) is 0 Å². The summed E-state index contributed by atoms with van der Waals surface area (Å²) in [6, 6.07) is 0. The number of hydrogen-bond acceptors (Lipinski definition) is 4. The van der Waals surface area contributed by atoms with Gasteiger partial charge in [-0.3, -0.25) is 0 Å². The topological polar surface area (TPSA) is 24.9 Å². The van der Waals surface area contributed by atoms with Crippen molar-refractivity contribution < 1.29 is 18.3 Å². The van der Waals surface area contributed by atoms with E-state index in [9.17, 15) is 8.78 Å². The lowest BCUT2D eigenvalue weighted by Gasteiger charge is -2.32. The van der Waals surface area contributed by atoms with Crippen LogP contribution in [0.25, 0.3) is 0 Å². The molecule has 1 aliphatic heterocycles. The average Bonchev–Trinajstić information content (AvgIpc) is 2.42. The van der Waals surface area contributed by atoms with Gasteiger partial charge in [-0.25, -0.2) is 8.78 Å². The lowest BCUT2D eigenvalue weighted by Crippen LogP contribution is -2.44. The van der Waals surface area contributed by atoms with E-state index in [1.54, 1.807) is 20.8 Å². The molecule has 1 rings (SSSR count). The van der Waals surface area contributed by atoms with Crippen molar-refractivity contribution in [3.05, 3.63) is 0 Å². The minimum Gasteiger partial charge on any atom is -0.375 e. The number of ether oxygens (including phenoxy) is 2. The van der Waals surface area contributed by atoms with Crippen LogP contribution in [0.3, 0.4) is 0 Å². The zero-order valence-corrected chi connectivity index (χ0v) is 14.5. The SMILES string of the molecule is CN1CCN(CCCCOCC(F)(F)COC(C)(C)C)CC1. The Morgan fingerprint density at radius 3 is 2.18 bits per heavy atom. The highest BCUT2D eigenvalue weighted by atomic mass is 19.3. The van der Waals surface area contributed by atoms with Crippen molar-refractivity contribution in [1.29, 1.82) is 0 Å². The van der Waals surface area contributed by atoms with Gasteiger partial charge in [-0.15, -0.1) is 0 Å². The quantitative estimate of drug-likeness (QED) is 0.609. The molecule has 0 aromatic rings. The summed E-state index contributed by atoms with van der Waals surface area (Å²) < 4.78 is 37.3. The van der Waals surface area contributed by atoms with Crippen LogP contribution in [0.1, 0.15) is 33.6 Å². The highest BCUT2D eigenvalue weighted by Crippen LogP contribution is 2.18. The second-order valence-corrected chi connectivity index (χ2v) is 7.16. The molecule has 0 bridgehead atoms. The van der Waals surface area contributed by atoms with Gasteiger partial charge >= 0.3 is 0 Å². The molecule has 0 atom stereocenters. The molecule has 1 heterocycles. The molecule has 1 saturated heterocycles. The summed E-state index contributed by atoms with van der Waals surface area (Å²) in [6.45, 7) is 9.98. The maximum atomic E-state index is 13.5. The summed E-state index contributed by atoms with van der Waals surface area (Å²) in [7, 11) is 2.13. The molecule has 0 aromatic carbocycles. The first kappa shape index (κ1) is 19.7. The number of likely N-dealkylation sites (N-methyl/N-ethyl adjacent to an activating group) is 1. The summed E-state index contributed by atoms with van der Waals surface area (Å²) in [6.07, 6.45) is 1.82. The average molecular weight is 322 g/mol. The van der Waals surface area contributed by atoms with Gasteiger partial charge < -0.3 is 19.3 Å². The monoisotopic (exact) mass is 322 g/mol. The molecule has 1 fully saturated rings. The van der Waals surface area contributed by atoms with Crippen LogP contribution in [0.2, 0.25) is 0 Å². The number of piperazine rings is 1. The van der Waals surface area contributed by atoms with Crippen LogP contribution >= 0.6 is 0 Å². The van der Waals surface area contributed by atoms with Gasteiger partial charge in [-0.05, 0) is 47.2 Å². The minimum absolute atomic E-state index is 0.388. The molecule has 0 radical (unpaired) electrons. The first-order valence-electron chi connectivity index (χ1n) is 8.18. The predicted molar refractivity (Wildman–Crippen MR) is 84.6 cm³/mol. The van der Waals surface area contributed by atoms with Crippen LogP contribution in [-0.4, -0.2) is 80.9 Å². The van der Waals surface area contributed by atoms with E-state index in [1.165, 1.54) is 0 Å². The van der Waals surface area contributed by atoms with Crippen molar-refractivity contribution in [1.82, 2.24) is 9.80 Å². The van der Waals surface area contributed by atoms with Gasteiger partial charge in [0.05, 0.1) is 5.60 Å². The van der Waals surface area contributed by atoms with Gasteiger partial charge in [0.25, 0.3) is 5.92 Å². The van der Waals surface area contributed by atoms with Crippen molar-refractivity contribution in [2.45, 2.75) is 45.1 Å². The smallest absolute Gasteiger partial charge is 0.293 e. The molecule has 0 saturated carbocycles. The number of unbranched alkanes of at least 4 members (excludes halogenated alkanes) is 1. The Morgan fingerprint density at radius 2 is 1.59 bits per heavy atom. The van der Waals surface area contributed by atoms with Crippen molar-refractivity contribution >= 4 is 0 Å². The molecule has 4 nitrogen and oxygen atoms in total. The van der Waals surface area contributed by atoms with E-state index in [1.807, 2.05) is 0 Å². The van der Waals surface area contributed by atoms with Gasteiger partial charge in [0, 0.05) is 32.8 Å². The van der Waals surface area contributed by atoms with Gasteiger partial charge in [-0.2, -0.15) is 0 Å².